The fraction of sp³-hybridized carbons (Fsp3) is 0.938. The Labute approximate surface area is 142 Å². The van der Waals surface area contributed by atoms with Crippen molar-refractivity contribution in [1.29, 1.82) is 0 Å². The van der Waals surface area contributed by atoms with Gasteiger partial charge in [-0.15, -0.1) is 23.5 Å². The van der Waals surface area contributed by atoms with E-state index in [0.29, 0.717) is 16.9 Å². The lowest BCUT2D eigenvalue weighted by Gasteiger charge is -2.38. The van der Waals surface area contributed by atoms with Crippen LogP contribution in [0.1, 0.15) is 33.1 Å². The highest BCUT2D eigenvalue weighted by Gasteiger charge is 2.41. The summed E-state index contributed by atoms with van der Waals surface area (Å²) in [5.74, 6) is 2.79. The Balaban J connectivity index is 1.97. The lowest BCUT2D eigenvalue weighted by Crippen LogP contribution is -2.49. The second kappa shape index (κ2) is 8.81. The molecule has 0 amide bonds. The van der Waals surface area contributed by atoms with Crippen LogP contribution in [0.25, 0.3) is 0 Å². The second-order valence-electron chi connectivity index (χ2n) is 6.26. The van der Waals surface area contributed by atoms with Gasteiger partial charge in [0.25, 0.3) is 0 Å². The van der Waals surface area contributed by atoms with Gasteiger partial charge in [-0.1, -0.05) is 13.8 Å². The predicted octanol–water partition coefficient (Wildman–Crippen LogP) is 3.19. The first kappa shape index (κ1) is 18.4. The van der Waals surface area contributed by atoms with Crippen LogP contribution in [0.15, 0.2) is 0 Å². The fourth-order valence-corrected chi connectivity index (χ4v) is 6.24. The SMILES string of the molecule is CO[C@H]1C[C@@H](C)C(=O)O[C@H]1[C@H](C[C@@H](C)C1SCCCS1)OC. The standard InChI is InChI=1S/C16H28O4S2/c1-10-8-12(18-3)14(20-15(10)17)13(19-4)9-11(2)16-21-6-5-7-22-16/h10-14,16H,5-9H2,1-4H3/t10-,11-,12+,13+,14-/m1/s1. The molecule has 0 saturated carbocycles. The van der Waals surface area contributed by atoms with Crippen molar-refractivity contribution in [3.8, 4) is 0 Å². The van der Waals surface area contributed by atoms with E-state index in [4.69, 9.17) is 14.2 Å². The van der Waals surface area contributed by atoms with Crippen LogP contribution in [0.4, 0.5) is 0 Å². The zero-order chi connectivity index (χ0) is 16.1. The molecule has 0 aromatic carbocycles. The summed E-state index contributed by atoms with van der Waals surface area (Å²) in [7, 11) is 3.39. The number of methoxy groups -OCH3 is 2. The molecule has 2 saturated heterocycles. The van der Waals surface area contributed by atoms with E-state index in [2.05, 4.69) is 6.92 Å². The summed E-state index contributed by atoms with van der Waals surface area (Å²) in [6.45, 7) is 4.17. The first-order valence-corrected chi connectivity index (χ1v) is 10.2. The van der Waals surface area contributed by atoms with Gasteiger partial charge in [0.05, 0.1) is 22.7 Å². The molecular formula is C16H28O4S2. The molecule has 2 rings (SSSR count). The molecular weight excluding hydrogens is 320 g/mol. The Bertz CT molecular complexity index is 360. The molecule has 0 aliphatic carbocycles. The van der Waals surface area contributed by atoms with E-state index in [-0.39, 0.29) is 30.2 Å². The molecule has 0 bridgehead atoms. The molecule has 2 aliphatic heterocycles. The lowest BCUT2D eigenvalue weighted by molar-refractivity contribution is -0.189. The van der Waals surface area contributed by atoms with Crippen molar-refractivity contribution in [2.45, 2.75) is 56.0 Å². The maximum absolute atomic E-state index is 11.9. The maximum Gasteiger partial charge on any atom is 0.309 e. The average molecular weight is 349 g/mol. The van der Waals surface area contributed by atoms with Crippen LogP contribution in [-0.2, 0) is 19.0 Å². The van der Waals surface area contributed by atoms with Crippen molar-refractivity contribution < 1.29 is 19.0 Å². The van der Waals surface area contributed by atoms with Gasteiger partial charge in [-0.2, -0.15) is 0 Å². The van der Waals surface area contributed by atoms with E-state index < -0.39 is 0 Å². The molecule has 0 aromatic heterocycles. The number of hydrogen-bond donors (Lipinski definition) is 0. The van der Waals surface area contributed by atoms with Crippen molar-refractivity contribution in [2.75, 3.05) is 25.7 Å². The number of hydrogen-bond acceptors (Lipinski definition) is 6. The van der Waals surface area contributed by atoms with Crippen LogP contribution in [0.5, 0.6) is 0 Å². The molecule has 6 heteroatoms. The highest BCUT2D eigenvalue weighted by Crippen LogP contribution is 2.39. The zero-order valence-corrected chi connectivity index (χ0v) is 15.6. The Morgan fingerprint density at radius 1 is 1.32 bits per heavy atom. The summed E-state index contributed by atoms with van der Waals surface area (Å²) in [5, 5.41) is 0. The van der Waals surface area contributed by atoms with Gasteiger partial charge in [0.1, 0.15) is 0 Å². The van der Waals surface area contributed by atoms with E-state index in [1.54, 1.807) is 14.2 Å². The summed E-state index contributed by atoms with van der Waals surface area (Å²) < 4.78 is 17.5. The van der Waals surface area contributed by atoms with E-state index >= 15 is 0 Å². The third-order valence-corrected chi connectivity index (χ3v) is 7.95. The number of rotatable bonds is 6. The van der Waals surface area contributed by atoms with Crippen molar-refractivity contribution in [1.82, 2.24) is 0 Å². The molecule has 0 N–H and O–H groups in total. The summed E-state index contributed by atoms with van der Waals surface area (Å²) in [4.78, 5) is 11.9. The van der Waals surface area contributed by atoms with Crippen molar-refractivity contribution in [2.24, 2.45) is 11.8 Å². The second-order valence-corrected chi connectivity index (χ2v) is 9.06. The number of thioether (sulfide) groups is 2. The molecule has 0 radical (unpaired) electrons. The minimum atomic E-state index is -0.292. The summed E-state index contributed by atoms with van der Waals surface area (Å²) in [6, 6.07) is 0. The quantitative estimate of drug-likeness (QED) is 0.687. The molecule has 4 nitrogen and oxygen atoms in total. The number of esters is 1. The van der Waals surface area contributed by atoms with Gasteiger partial charge in [0.2, 0.25) is 0 Å². The lowest BCUT2D eigenvalue weighted by atomic mass is 9.90. The highest BCUT2D eigenvalue weighted by atomic mass is 32.2. The monoisotopic (exact) mass is 348 g/mol. The Morgan fingerprint density at radius 2 is 2.00 bits per heavy atom. The van der Waals surface area contributed by atoms with Crippen LogP contribution in [0.3, 0.4) is 0 Å². The van der Waals surface area contributed by atoms with E-state index in [9.17, 15) is 4.79 Å². The van der Waals surface area contributed by atoms with Crippen molar-refractivity contribution >= 4 is 29.5 Å². The zero-order valence-electron chi connectivity index (χ0n) is 13.9. The van der Waals surface area contributed by atoms with Gasteiger partial charge >= 0.3 is 5.97 Å². The molecule has 128 valence electrons. The molecule has 2 heterocycles. The van der Waals surface area contributed by atoms with E-state index in [0.717, 1.165) is 6.42 Å². The van der Waals surface area contributed by atoms with Gasteiger partial charge < -0.3 is 14.2 Å². The summed E-state index contributed by atoms with van der Waals surface area (Å²) >= 11 is 4.09. The van der Waals surface area contributed by atoms with Gasteiger partial charge in [-0.25, -0.2) is 0 Å². The predicted molar refractivity (Wildman–Crippen MR) is 92.4 cm³/mol. The average Bonchev–Trinajstić information content (AvgIpc) is 2.55. The molecule has 0 aromatic rings. The Kier molecular flexibility index (Phi) is 7.38. The summed E-state index contributed by atoms with van der Waals surface area (Å²) in [5.41, 5.74) is 0. The Hall–Kier alpha value is 0.0900. The molecule has 2 aliphatic rings. The Morgan fingerprint density at radius 3 is 2.59 bits per heavy atom. The normalized spacial score (nSPS) is 33.3. The third kappa shape index (κ3) is 4.56. The van der Waals surface area contributed by atoms with Gasteiger partial charge in [0, 0.05) is 14.2 Å². The molecule has 0 unspecified atom stereocenters. The van der Waals surface area contributed by atoms with Gasteiger partial charge in [-0.05, 0) is 36.7 Å². The topological polar surface area (TPSA) is 44.8 Å². The van der Waals surface area contributed by atoms with Crippen LogP contribution < -0.4 is 0 Å². The highest BCUT2D eigenvalue weighted by molar-refractivity contribution is 8.17. The van der Waals surface area contributed by atoms with Gasteiger partial charge in [-0.3, -0.25) is 4.79 Å². The van der Waals surface area contributed by atoms with E-state index in [1.165, 1.54) is 17.9 Å². The first-order chi connectivity index (χ1) is 10.6. The minimum Gasteiger partial charge on any atom is -0.457 e. The van der Waals surface area contributed by atoms with Crippen LogP contribution in [-0.4, -0.2) is 54.6 Å². The smallest absolute Gasteiger partial charge is 0.309 e. The third-order valence-electron chi connectivity index (χ3n) is 4.50. The van der Waals surface area contributed by atoms with Crippen molar-refractivity contribution in [3.05, 3.63) is 0 Å². The molecule has 22 heavy (non-hydrogen) atoms. The summed E-state index contributed by atoms with van der Waals surface area (Å²) in [6.07, 6.45) is 2.45. The number of cyclic esters (lactones) is 1. The number of carbonyl (C=O) groups is 1. The largest absolute Gasteiger partial charge is 0.457 e. The van der Waals surface area contributed by atoms with Crippen LogP contribution in [0.2, 0.25) is 0 Å². The van der Waals surface area contributed by atoms with Crippen LogP contribution in [0, 0.1) is 11.8 Å². The fourth-order valence-electron chi connectivity index (χ4n) is 3.13. The molecule has 0 spiro atoms. The minimum absolute atomic E-state index is 0.0727. The molecule has 2 fully saturated rings. The number of carbonyl (C=O) groups excluding carboxylic acids is 1. The molecule has 5 atom stereocenters. The number of ether oxygens (including phenoxy) is 3. The van der Waals surface area contributed by atoms with E-state index in [1.807, 2.05) is 30.4 Å². The first-order valence-electron chi connectivity index (χ1n) is 8.06. The maximum atomic E-state index is 11.9. The van der Waals surface area contributed by atoms with Crippen molar-refractivity contribution in [3.63, 3.8) is 0 Å². The van der Waals surface area contributed by atoms with Gasteiger partial charge in [0.15, 0.2) is 6.10 Å². The van der Waals surface area contributed by atoms with Crippen LogP contribution >= 0.6 is 23.5 Å².